The van der Waals surface area contributed by atoms with Crippen molar-refractivity contribution in [2.24, 2.45) is 5.73 Å². The molecule has 0 radical (unpaired) electrons. The Morgan fingerprint density at radius 1 is 1.60 bits per heavy atom. The van der Waals surface area contributed by atoms with Gasteiger partial charge in [-0.2, -0.15) is 0 Å². The van der Waals surface area contributed by atoms with Gasteiger partial charge < -0.3 is 11.1 Å². The summed E-state index contributed by atoms with van der Waals surface area (Å²) in [5.41, 5.74) is 5.53. The molecule has 1 heterocycles. The van der Waals surface area contributed by atoms with Gasteiger partial charge in [0.05, 0.1) is 6.04 Å². The molecule has 1 saturated heterocycles. The molecule has 1 aliphatic rings. The zero-order valence-electron chi connectivity index (χ0n) is 6.26. The van der Waals surface area contributed by atoms with Crippen LogP contribution in [0, 0.1) is 0 Å². The molecule has 58 valence electrons. The van der Waals surface area contributed by atoms with Crippen molar-refractivity contribution in [3.63, 3.8) is 0 Å². The molecule has 0 aromatic heterocycles. The summed E-state index contributed by atoms with van der Waals surface area (Å²) in [6, 6.07) is 0.0333. The van der Waals surface area contributed by atoms with Gasteiger partial charge in [-0.05, 0) is 26.2 Å². The first-order valence-corrected chi connectivity index (χ1v) is 3.76. The van der Waals surface area contributed by atoms with Crippen molar-refractivity contribution < 1.29 is 4.79 Å². The van der Waals surface area contributed by atoms with Gasteiger partial charge in [0.1, 0.15) is 0 Å². The molecule has 0 unspecified atom stereocenters. The molecule has 1 amide bonds. The molecule has 1 rings (SSSR count). The van der Waals surface area contributed by atoms with Crippen molar-refractivity contribution in [1.82, 2.24) is 5.32 Å². The van der Waals surface area contributed by atoms with Crippen molar-refractivity contribution in [3.05, 3.63) is 0 Å². The quantitative estimate of drug-likeness (QED) is 0.500. The summed E-state index contributed by atoms with van der Waals surface area (Å²) in [5, 5.41) is 2.83. The number of amides is 1. The molecule has 3 N–H and O–H groups in total. The third kappa shape index (κ3) is 1.70. The Hall–Kier alpha value is -0.570. The highest BCUT2D eigenvalue weighted by Crippen LogP contribution is 2.07. The van der Waals surface area contributed by atoms with Crippen molar-refractivity contribution in [2.45, 2.75) is 38.3 Å². The van der Waals surface area contributed by atoms with Crippen LogP contribution in [-0.4, -0.2) is 18.0 Å². The second kappa shape index (κ2) is 3.01. The van der Waals surface area contributed by atoms with E-state index in [9.17, 15) is 4.79 Å². The lowest BCUT2D eigenvalue weighted by Crippen LogP contribution is -2.41. The van der Waals surface area contributed by atoms with E-state index in [-0.39, 0.29) is 11.9 Å². The summed E-state index contributed by atoms with van der Waals surface area (Å²) >= 11 is 0. The summed E-state index contributed by atoms with van der Waals surface area (Å²) in [6.45, 7) is 2.01. The normalized spacial score (nSPS) is 34.8. The van der Waals surface area contributed by atoms with Gasteiger partial charge >= 0.3 is 0 Å². The number of rotatable bonds is 0. The molecule has 3 heteroatoms. The van der Waals surface area contributed by atoms with Gasteiger partial charge in [-0.25, -0.2) is 0 Å². The molecule has 3 nitrogen and oxygen atoms in total. The van der Waals surface area contributed by atoms with Crippen LogP contribution in [0.15, 0.2) is 0 Å². The Kier molecular flexibility index (Phi) is 2.27. The lowest BCUT2D eigenvalue weighted by Gasteiger charge is -2.09. The number of hydrogen-bond acceptors (Lipinski definition) is 2. The predicted molar refractivity (Wildman–Crippen MR) is 39.4 cm³/mol. The monoisotopic (exact) mass is 142 g/mol. The van der Waals surface area contributed by atoms with Crippen LogP contribution < -0.4 is 11.1 Å². The Labute approximate surface area is 61.0 Å². The van der Waals surface area contributed by atoms with Gasteiger partial charge in [-0.3, -0.25) is 4.79 Å². The largest absolute Gasteiger partial charge is 0.352 e. The van der Waals surface area contributed by atoms with Crippen LogP contribution in [-0.2, 0) is 4.79 Å². The smallest absolute Gasteiger partial charge is 0.237 e. The minimum absolute atomic E-state index is 0.00463. The van der Waals surface area contributed by atoms with Crippen molar-refractivity contribution in [3.8, 4) is 0 Å². The van der Waals surface area contributed by atoms with Gasteiger partial charge in [0.25, 0.3) is 0 Å². The Morgan fingerprint density at radius 2 is 2.30 bits per heavy atom. The predicted octanol–water partition coefficient (Wildman–Crippen LogP) is 0.00230. The van der Waals surface area contributed by atoms with E-state index < -0.39 is 0 Å². The topological polar surface area (TPSA) is 55.1 Å². The number of nitrogens with one attached hydrogen (secondary N) is 1. The summed E-state index contributed by atoms with van der Waals surface area (Å²) in [4.78, 5) is 11.0. The van der Waals surface area contributed by atoms with Crippen LogP contribution in [0.5, 0.6) is 0 Å². The summed E-state index contributed by atoms with van der Waals surface area (Å²) in [6.07, 6.45) is 2.94. The summed E-state index contributed by atoms with van der Waals surface area (Å²) in [5.74, 6) is 0.00463. The second-order valence-corrected chi connectivity index (χ2v) is 2.95. The van der Waals surface area contributed by atoms with E-state index >= 15 is 0 Å². The number of nitrogens with two attached hydrogens (primary N) is 1. The molecule has 0 aromatic carbocycles. The van der Waals surface area contributed by atoms with Gasteiger partial charge in [-0.1, -0.05) is 0 Å². The summed E-state index contributed by atoms with van der Waals surface area (Å²) in [7, 11) is 0. The third-order valence-corrected chi connectivity index (χ3v) is 1.88. The zero-order valence-corrected chi connectivity index (χ0v) is 6.26. The Balaban J connectivity index is 2.49. The number of carbonyl (C=O) groups excluding carboxylic acids is 1. The fourth-order valence-electron chi connectivity index (χ4n) is 1.20. The second-order valence-electron chi connectivity index (χ2n) is 2.95. The molecular formula is C7H14N2O. The van der Waals surface area contributed by atoms with Crippen molar-refractivity contribution in [1.29, 1.82) is 0 Å². The van der Waals surface area contributed by atoms with Crippen LogP contribution >= 0.6 is 0 Å². The van der Waals surface area contributed by atoms with Crippen molar-refractivity contribution in [2.75, 3.05) is 0 Å². The van der Waals surface area contributed by atoms with Gasteiger partial charge in [0, 0.05) is 6.04 Å². The summed E-state index contributed by atoms with van der Waals surface area (Å²) < 4.78 is 0. The fraction of sp³-hybridized carbons (Fsp3) is 0.857. The molecule has 0 aromatic rings. The number of hydrogen-bond donors (Lipinski definition) is 2. The van der Waals surface area contributed by atoms with Crippen LogP contribution in [0.3, 0.4) is 0 Å². The first kappa shape index (κ1) is 7.54. The van der Waals surface area contributed by atoms with Gasteiger partial charge in [0.15, 0.2) is 0 Å². The van der Waals surface area contributed by atoms with Crippen LogP contribution in [0.4, 0.5) is 0 Å². The van der Waals surface area contributed by atoms with Gasteiger partial charge in [-0.15, -0.1) is 0 Å². The Bertz CT molecular complexity index is 136. The lowest BCUT2D eigenvalue weighted by molar-refractivity contribution is -0.122. The first-order chi connectivity index (χ1) is 4.70. The maximum Gasteiger partial charge on any atom is 0.237 e. The molecule has 0 saturated carbocycles. The fourth-order valence-corrected chi connectivity index (χ4v) is 1.20. The van der Waals surface area contributed by atoms with Gasteiger partial charge in [0.2, 0.25) is 5.91 Å². The maximum absolute atomic E-state index is 11.0. The SMILES string of the molecule is C[C@@H]1CCC[C@H](N)C(=O)N1. The third-order valence-electron chi connectivity index (χ3n) is 1.88. The molecule has 1 aliphatic heterocycles. The van der Waals surface area contributed by atoms with E-state index in [1.165, 1.54) is 0 Å². The van der Waals surface area contributed by atoms with E-state index in [4.69, 9.17) is 5.73 Å². The minimum Gasteiger partial charge on any atom is -0.352 e. The van der Waals surface area contributed by atoms with Crippen LogP contribution in [0.2, 0.25) is 0 Å². The highest BCUT2D eigenvalue weighted by molar-refractivity contribution is 5.81. The van der Waals surface area contributed by atoms with E-state index in [1.807, 2.05) is 6.92 Å². The van der Waals surface area contributed by atoms with Crippen LogP contribution in [0.25, 0.3) is 0 Å². The Morgan fingerprint density at radius 3 is 3.00 bits per heavy atom. The highest BCUT2D eigenvalue weighted by atomic mass is 16.2. The van der Waals surface area contributed by atoms with Crippen molar-refractivity contribution >= 4 is 5.91 Å². The molecule has 0 aliphatic carbocycles. The molecule has 2 atom stereocenters. The van der Waals surface area contributed by atoms with E-state index in [1.54, 1.807) is 0 Å². The molecule has 0 bridgehead atoms. The van der Waals surface area contributed by atoms with E-state index in [0.29, 0.717) is 6.04 Å². The standard InChI is InChI=1S/C7H14N2O/c1-5-3-2-4-6(8)7(10)9-5/h5-6H,2-4,8H2,1H3,(H,9,10)/t5-,6+/m1/s1. The average Bonchev–Trinajstić information content (AvgIpc) is 1.96. The lowest BCUT2D eigenvalue weighted by atomic mass is 10.1. The first-order valence-electron chi connectivity index (χ1n) is 3.76. The van der Waals surface area contributed by atoms with E-state index in [2.05, 4.69) is 5.32 Å². The zero-order chi connectivity index (χ0) is 7.56. The molecule has 10 heavy (non-hydrogen) atoms. The average molecular weight is 142 g/mol. The number of carbonyl (C=O) groups is 1. The maximum atomic E-state index is 11.0. The highest BCUT2D eigenvalue weighted by Gasteiger charge is 2.18. The minimum atomic E-state index is -0.273. The van der Waals surface area contributed by atoms with E-state index in [0.717, 1.165) is 19.3 Å². The van der Waals surface area contributed by atoms with Crippen LogP contribution in [0.1, 0.15) is 26.2 Å². The molecule has 0 spiro atoms. The molecule has 1 fully saturated rings. The molecular weight excluding hydrogens is 128 g/mol.